The van der Waals surface area contributed by atoms with E-state index in [0.717, 1.165) is 36.0 Å². The van der Waals surface area contributed by atoms with Crippen LogP contribution in [0.2, 0.25) is 0 Å². The highest BCUT2D eigenvalue weighted by molar-refractivity contribution is 5.35. The van der Waals surface area contributed by atoms with Crippen molar-refractivity contribution >= 4 is 0 Å². The topological polar surface area (TPSA) is 44.5 Å². The SMILES string of the molecule is COc1ccccc1C(OC1CC(C)CC(C)C1)C(C)N. The Bertz CT molecular complexity index is 437. The fourth-order valence-electron chi connectivity index (χ4n) is 3.57. The van der Waals surface area contributed by atoms with Crippen LogP contribution in [0.15, 0.2) is 24.3 Å². The summed E-state index contributed by atoms with van der Waals surface area (Å²) in [6.45, 7) is 6.64. The van der Waals surface area contributed by atoms with Gasteiger partial charge < -0.3 is 15.2 Å². The first kappa shape index (κ1) is 16.3. The number of benzene rings is 1. The summed E-state index contributed by atoms with van der Waals surface area (Å²) < 4.78 is 11.9. The Balaban J connectivity index is 2.16. The predicted octanol–water partition coefficient (Wildman–Crippen LogP) is 3.92. The summed E-state index contributed by atoms with van der Waals surface area (Å²) in [4.78, 5) is 0. The Morgan fingerprint density at radius 2 is 1.71 bits per heavy atom. The van der Waals surface area contributed by atoms with E-state index in [9.17, 15) is 0 Å². The Labute approximate surface area is 128 Å². The number of ether oxygens (including phenoxy) is 2. The molecule has 0 aliphatic heterocycles. The summed E-state index contributed by atoms with van der Waals surface area (Å²) in [5, 5.41) is 0. The number of methoxy groups -OCH3 is 1. The van der Waals surface area contributed by atoms with E-state index in [0.29, 0.717) is 6.10 Å². The molecule has 1 aliphatic carbocycles. The zero-order chi connectivity index (χ0) is 15.4. The van der Waals surface area contributed by atoms with Gasteiger partial charge in [-0.2, -0.15) is 0 Å². The van der Waals surface area contributed by atoms with Crippen molar-refractivity contribution in [3.8, 4) is 5.75 Å². The lowest BCUT2D eigenvalue weighted by Gasteiger charge is -2.35. The monoisotopic (exact) mass is 291 g/mol. The van der Waals surface area contributed by atoms with Gasteiger partial charge in [0.05, 0.1) is 13.2 Å². The molecule has 0 heterocycles. The molecule has 1 aliphatic rings. The first-order valence-corrected chi connectivity index (χ1v) is 8.05. The van der Waals surface area contributed by atoms with Gasteiger partial charge in [-0.15, -0.1) is 0 Å². The molecule has 1 aromatic carbocycles. The molecule has 118 valence electrons. The third kappa shape index (κ3) is 4.21. The Morgan fingerprint density at radius 1 is 1.10 bits per heavy atom. The number of nitrogens with two attached hydrogens (primary N) is 1. The van der Waals surface area contributed by atoms with Crippen molar-refractivity contribution < 1.29 is 9.47 Å². The molecule has 1 fully saturated rings. The predicted molar refractivity (Wildman–Crippen MR) is 86.4 cm³/mol. The molecule has 3 heteroatoms. The van der Waals surface area contributed by atoms with Gasteiger partial charge in [0, 0.05) is 11.6 Å². The van der Waals surface area contributed by atoms with Crippen LogP contribution in [0.5, 0.6) is 5.75 Å². The lowest BCUT2D eigenvalue weighted by Crippen LogP contribution is -2.34. The minimum atomic E-state index is -0.108. The maximum Gasteiger partial charge on any atom is 0.124 e. The molecule has 0 spiro atoms. The van der Waals surface area contributed by atoms with Crippen molar-refractivity contribution in [3.05, 3.63) is 29.8 Å². The zero-order valence-electron chi connectivity index (χ0n) is 13.7. The lowest BCUT2D eigenvalue weighted by atomic mass is 9.81. The van der Waals surface area contributed by atoms with Crippen molar-refractivity contribution in [3.63, 3.8) is 0 Å². The molecule has 2 N–H and O–H groups in total. The second-order valence-corrected chi connectivity index (χ2v) is 6.70. The fraction of sp³-hybridized carbons (Fsp3) is 0.667. The van der Waals surface area contributed by atoms with Crippen LogP contribution in [0.1, 0.15) is 51.7 Å². The van der Waals surface area contributed by atoms with Crippen molar-refractivity contribution in [1.29, 1.82) is 0 Å². The number of hydrogen-bond acceptors (Lipinski definition) is 3. The largest absolute Gasteiger partial charge is 0.496 e. The van der Waals surface area contributed by atoms with Crippen LogP contribution in [0, 0.1) is 11.8 Å². The normalized spacial score (nSPS) is 28.9. The molecule has 3 nitrogen and oxygen atoms in total. The summed E-state index contributed by atoms with van der Waals surface area (Å²) in [5.74, 6) is 2.31. The van der Waals surface area contributed by atoms with Gasteiger partial charge in [0.15, 0.2) is 0 Å². The molecule has 4 atom stereocenters. The third-order valence-electron chi connectivity index (χ3n) is 4.40. The van der Waals surface area contributed by atoms with Crippen LogP contribution in [-0.2, 0) is 4.74 Å². The van der Waals surface area contributed by atoms with Gasteiger partial charge in [-0.05, 0) is 44.1 Å². The van der Waals surface area contributed by atoms with Crippen molar-refractivity contribution in [1.82, 2.24) is 0 Å². The van der Waals surface area contributed by atoms with E-state index in [2.05, 4.69) is 19.9 Å². The van der Waals surface area contributed by atoms with Crippen LogP contribution in [0.4, 0.5) is 0 Å². The van der Waals surface area contributed by atoms with Crippen LogP contribution in [0.25, 0.3) is 0 Å². The van der Waals surface area contributed by atoms with Crippen molar-refractivity contribution in [2.24, 2.45) is 17.6 Å². The molecule has 0 amide bonds. The molecule has 0 bridgehead atoms. The highest BCUT2D eigenvalue weighted by atomic mass is 16.5. The zero-order valence-corrected chi connectivity index (χ0v) is 13.7. The quantitative estimate of drug-likeness (QED) is 0.894. The average Bonchev–Trinajstić information content (AvgIpc) is 2.43. The molecule has 0 saturated heterocycles. The molecule has 1 saturated carbocycles. The van der Waals surface area contributed by atoms with Crippen molar-refractivity contribution in [2.75, 3.05) is 7.11 Å². The minimum absolute atomic E-state index is 0.0613. The molecule has 4 unspecified atom stereocenters. The van der Waals surface area contributed by atoms with E-state index in [1.54, 1.807) is 7.11 Å². The molecular formula is C18H29NO2. The van der Waals surface area contributed by atoms with Gasteiger partial charge in [0.25, 0.3) is 0 Å². The molecule has 0 aromatic heterocycles. The molecule has 21 heavy (non-hydrogen) atoms. The minimum Gasteiger partial charge on any atom is -0.496 e. The summed E-state index contributed by atoms with van der Waals surface area (Å²) in [7, 11) is 1.70. The summed E-state index contributed by atoms with van der Waals surface area (Å²) in [6, 6.07) is 7.96. The molecule has 2 rings (SSSR count). The van der Waals surface area contributed by atoms with Crippen LogP contribution in [-0.4, -0.2) is 19.3 Å². The highest BCUT2D eigenvalue weighted by Crippen LogP contribution is 2.36. The number of rotatable bonds is 5. The molecule has 0 radical (unpaired) electrons. The standard InChI is InChI=1S/C18H29NO2/c1-12-9-13(2)11-15(10-12)21-18(14(3)19)16-7-5-6-8-17(16)20-4/h5-8,12-15,18H,9-11,19H2,1-4H3. The van der Waals surface area contributed by atoms with E-state index in [1.807, 2.05) is 25.1 Å². The van der Waals surface area contributed by atoms with E-state index in [1.165, 1.54) is 6.42 Å². The van der Waals surface area contributed by atoms with E-state index in [-0.39, 0.29) is 12.1 Å². The third-order valence-corrected chi connectivity index (χ3v) is 4.40. The van der Waals surface area contributed by atoms with Crippen LogP contribution >= 0.6 is 0 Å². The van der Waals surface area contributed by atoms with E-state index >= 15 is 0 Å². The highest BCUT2D eigenvalue weighted by Gasteiger charge is 2.29. The number of para-hydroxylation sites is 1. The van der Waals surface area contributed by atoms with Gasteiger partial charge in [-0.25, -0.2) is 0 Å². The van der Waals surface area contributed by atoms with Crippen LogP contribution < -0.4 is 10.5 Å². The Morgan fingerprint density at radius 3 is 2.29 bits per heavy atom. The van der Waals surface area contributed by atoms with Gasteiger partial charge >= 0.3 is 0 Å². The van der Waals surface area contributed by atoms with E-state index in [4.69, 9.17) is 15.2 Å². The van der Waals surface area contributed by atoms with Gasteiger partial charge in [-0.3, -0.25) is 0 Å². The smallest absolute Gasteiger partial charge is 0.124 e. The second-order valence-electron chi connectivity index (χ2n) is 6.70. The number of hydrogen-bond donors (Lipinski definition) is 1. The first-order chi connectivity index (χ1) is 10.0. The first-order valence-electron chi connectivity index (χ1n) is 8.05. The molecule has 1 aromatic rings. The van der Waals surface area contributed by atoms with Gasteiger partial charge in [-0.1, -0.05) is 32.0 Å². The summed E-state index contributed by atoms with van der Waals surface area (Å²) in [6.07, 6.45) is 3.75. The average molecular weight is 291 g/mol. The van der Waals surface area contributed by atoms with Crippen molar-refractivity contribution in [2.45, 2.75) is 58.3 Å². The Hall–Kier alpha value is -1.06. The maximum absolute atomic E-state index is 6.42. The van der Waals surface area contributed by atoms with Gasteiger partial charge in [0.2, 0.25) is 0 Å². The Kier molecular flexibility index (Phi) is 5.65. The van der Waals surface area contributed by atoms with Gasteiger partial charge in [0.1, 0.15) is 11.9 Å². The molecular weight excluding hydrogens is 262 g/mol. The maximum atomic E-state index is 6.42. The van der Waals surface area contributed by atoms with Crippen LogP contribution in [0.3, 0.4) is 0 Å². The summed E-state index contributed by atoms with van der Waals surface area (Å²) in [5.41, 5.74) is 7.25. The fourth-order valence-corrected chi connectivity index (χ4v) is 3.57. The lowest BCUT2D eigenvalue weighted by molar-refractivity contribution is -0.0592. The summed E-state index contributed by atoms with van der Waals surface area (Å²) >= 11 is 0. The van der Waals surface area contributed by atoms with E-state index < -0.39 is 0 Å². The second kappa shape index (κ2) is 7.28.